The number of hydrogen-bond acceptors (Lipinski definition) is 2. The second kappa shape index (κ2) is 6.20. The van der Waals surface area contributed by atoms with Crippen LogP contribution in [0.1, 0.15) is 45.4 Å². The lowest BCUT2D eigenvalue weighted by Gasteiger charge is -2.36. The predicted molar refractivity (Wildman–Crippen MR) is 83.0 cm³/mol. The van der Waals surface area contributed by atoms with Crippen LogP contribution in [0.4, 0.5) is 0 Å². The fourth-order valence-electron chi connectivity index (χ4n) is 3.59. The van der Waals surface area contributed by atoms with Crippen molar-refractivity contribution in [3.8, 4) is 0 Å². The SMILES string of the molecule is C=CC1([C@H](C)C(=O)N(C)C(CC2[CH]C2)C(N)=O)CCCC1. The maximum atomic E-state index is 12.8. The molecule has 2 aliphatic carbocycles. The lowest BCUT2D eigenvalue weighted by molar-refractivity contribution is -0.143. The van der Waals surface area contributed by atoms with Gasteiger partial charge in [0.05, 0.1) is 0 Å². The van der Waals surface area contributed by atoms with Crippen molar-refractivity contribution in [2.45, 2.75) is 51.5 Å². The normalized spacial score (nSPS) is 23.3. The molecular formula is C17H27N2O2. The Morgan fingerprint density at radius 3 is 2.48 bits per heavy atom. The third-order valence-electron chi connectivity index (χ3n) is 5.41. The van der Waals surface area contributed by atoms with Gasteiger partial charge in [0.2, 0.25) is 11.8 Å². The molecule has 0 heterocycles. The van der Waals surface area contributed by atoms with Gasteiger partial charge in [0, 0.05) is 13.0 Å². The van der Waals surface area contributed by atoms with Crippen LogP contribution in [0.2, 0.25) is 0 Å². The first-order valence-electron chi connectivity index (χ1n) is 7.94. The average Bonchev–Trinajstić information content (AvgIpc) is 3.16. The number of carbonyl (C=O) groups is 2. The van der Waals surface area contributed by atoms with E-state index < -0.39 is 11.9 Å². The Bertz CT molecular complexity index is 423. The molecule has 0 aromatic carbocycles. The van der Waals surface area contributed by atoms with Crippen LogP contribution in [0.15, 0.2) is 12.7 Å². The molecule has 117 valence electrons. The fraction of sp³-hybridized carbons (Fsp3) is 0.706. The highest BCUT2D eigenvalue weighted by atomic mass is 16.2. The van der Waals surface area contributed by atoms with Gasteiger partial charge in [-0.3, -0.25) is 9.59 Å². The quantitative estimate of drug-likeness (QED) is 0.731. The second-order valence-corrected chi connectivity index (χ2v) is 6.70. The molecule has 21 heavy (non-hydrogen) atoms. The summed E-state index contributed by atoms with van der Waals surface area (Å²) < 4.78 is 0. The monoisotopic (exact) mass is 291 g/mol. The summed E-state index contributed by atoms with van der Waals surface area (Å²) in [4.78, 5) is 26.1. The summed E-state index contributed by atoms with van der Waals surface area (Å²) in [6, 6.07) is -0.494. The van der Waals surface area contributed by atoms with E-state index in [9.17, 15) is 9.59 Å². The van der Waals surface area contributed by atoms with E-state index in [0.29, 0.717) is 12.3 Å². The van der Waals surface area contributed by atoms with Crippen molar-refractivity contribution in [3.05, 3.63) is 19.1 Å². The number of carbonyl (C=O) groups excluding carboxylic acids is 2. The van der Waals surface area contributed by atoms with Gasteiger partial charge in [0.15, 0.2) is 0 Å². The van der Waals surface area contributed by atoms with E-state index >= 15 is 0 Å². The Morgan fingerprint density at radius 1 is 1.48 bits per heavy atom. The first-order chi connectivity index (χ1) is 9.91. The highest BCUT2D eigenvalue weighted by Crippen LogP contribution is 2.46. The molecule has 0 aromatic heterocycles. The first-order valence-corrected chi connectivity index (χ1v) is 7.94. The first kappa shape index (κ1) is 16.1. The molecule has 2 saturated carbocycles. The van der Waals surface area contributed by atoms with Crippen molar-refractivity contribution in [3.63, 3.8) is 0 Å². The van der Waals surface area contributed by atoms with Crippen LogP contribution < -0.4 is 5.73 Å². The molecule has 0 bridgehead atoms. The van der Waals surface area contributed by atoms with Crippen LogP contribution >= 0.6 is 0 Å². The van der Waals surface area contributed by atoms with Crippen molar-refractivity contribution in [2.75, 3.05) is 7.05 Å². The van der Waals surface area contributed by atoms with Crippen molar-refractivity contribution >= 4 is 11.8 Å². The lowest BCUT2D eigenvalue weighted by atomic mass is 9.74. The van der Waals surface area contributed by atoms with Crippen LogP contribution in [-0.2, 0) is 9.59 Å². The maximum Gasteiger partial charge on any atom is 0.240 e. The minimum absolute atomic E-state index is 0.0150. The highest BCUT2D eigenvalue weighted by Gasteiger charge is 2.43. The molecule has 0 saturated heterocycles. The summed E-state index contributed by atoms with van der Waals surface area (Å²) in [7, 11) is 1.71. The summed E-state index contributed by atoms with van der Waals surface area (Å²) in [6.07, 6.45) is 10.1. The molecule has 2 amide bonds. The summed E-state index contributed by atoms with van der Waals surface area (Å²) in [5.74, 6) is -0.0980. The number of likely N-dealkylation sites (N-methyl/N-ethyl adjacent to an activating group) is 1. The third-order valence-corrected chi connectivity index (χ3v) is 5.41. The van der Waals surface area contributed by atoms with Gasteiger partial charge in [-0.25, -0.2) is 0 Å². The topological polar surface area (TPSA) is 63.4 Å². The van der Waals surface area contributed by atoms with Gasteiger partial charge in [-0.1, -0.05) is 25.8 Å². The van der Waals surface area contributed by atoms with E-state index in [2.05, 4.69) is 13.0 Å². The molecule has 2 fully saturated rings. The Kier molecular flexibility index (Phi) is 4.74. The molecule has 0 spiro atoms. The van der Waals surface area contributed by atoms with E-state index in [0.717, 1.165) is 32.1 Å². The lowest BCUT2D eigenvalue weighted by Crippen LogP contribution is -2.49. The number of nitrogens with two attached hydrogens (primary N) is 1. The van der Waals surface area contributed by atoms with Crippen LogP contribution in [0.3, 0.4) is 0 Å². The predicted octanol–water partition coefficient (Wildman–Crippen LogP) is 2.30. The van der Waals surface area contributed by atoms with Gasteiger partial charge in [0.25, 0.3) is 0 Å². The molecule has 0 aliphatic heterocycles. The number of nitrogens with zero attached hydrogens (tertiary/aromatic N) is 1. The minimum Gasteiger partial charge on any atom is -0.368 e. The van der Waals surface area contributed by atoms with E-state index in [4.69, 9.17) is 5.73 Å². The van der Waals surface area contributed by atoms with E-state index in [1.807, 2.05) is 13.0 Å². The Labute approximate surface area is 127 Å². The van der Waals surface area contributed by atoms with Gasteiger partial charge < -0.3 is 10.6 Å². The Morgan fingerprint density at radius 2 is 2.05 bits per heavy atom. The molecule has 4 nitrogen and oxygen atoms in total. The largest absolute Gasteiger partial charge is 0.368 e. The molecule has 2 N–H and O–H groups in total. The summed E-state index contributed by atoms with van der Waals surface area (Å²) >= 11 is 0. The van der Waals surface area contributed by atoms with Crippen molar-refractivity contribution in [2.24, 2.45) is 23.0 Å². The third kappa shape index (κ3) is 3.30. The number of hydrogen-bond donors (Lipinski definition) is 1. The maximum absolute atomic E-state index is 12.8. The zero-order chi connectivity index (χ0) is 15.6. The van der Waals surface area contributed by atoms with Gasteiger partial charge in [0.1, 0.15) is 6.04 Å². The van der Waals surface area contributed by atoms with Gasteiger partial charge in [-0.2, -0.15) is 0 Å². The van der Waals surface area contributed by atoms with E-state index in [-0.39, 0.29) is 17.2 Å². The molecule has 2 unspecified atom stereocenters. The van der Waals surface area contributed by atoms with E-state index in [1.165, 1.54) is 0 Å². The molecule has 2 rings (SSSR count). The number of amides is 2. The molecule has 4 heteroatoms. The number of rotatable bonds is 7. The van der Waals surface area contributed by atoms with Crippen molar-refractivity contribution in [1.82, 2.24) is 4.90 Å². The molecule has 0 aromatic rings. The van der Waals surface area contributed by atoms with Gasteiger partial charge >= 0.3 is 0 Å². The zero-order valence-electron chi connectivity index (χ0n) is 13.2. The van der Waals surface area contributed by atoms with Crippen LogP contribution in [-0.4, -0.2) is 29.8 Å². The second-order valence-electron chi connectivity index (χ2n) is 6.70. The van der Waals surface area contributed by atoms with E-state index in [1.54, 1.807) is 11.9 Å². The molecule has 2 aliphatic rings. The Hall–Kier alpha value is -1.32. The molecule has 3 atom stereocenters. The summed E-state index contributed by atoms with van der Waals surface area (Å²) in [6.45, 7) is 5.91. The van der Waals surface area contributed by atoms with Gasteiger partial charge in [-0.05, 0) is 43.4 Å². The van der Waals surface area contributed by atoms with Crippen molar-refractivity contribution in [1.29, 1.82) is 0 Å². The van der Waals surface area contributed by atoms with Crippen LogP contribution in [0.5, 0.6) is 0 Å². The number of primary amides is 1. The summed E-state index contributed by atoms with van der Waals surface area (Å²) in [5, 5.41) is 0. The minimum atomic E-state index is -0.494. The van der Waals surface area contributed by atoms with Crippen LogP contribution in [0, 0.1) is 23.7 Å². The molecule has 1 radical (unpaired) electrons. The van der Waals surface area contributed by atoms with Crippen molar-refractivity contribution < 1.29 is 9.59 Å². The highest BCUT2D eigenvalue weighted by molar-refractivity contribution is 5.87. The smallest absolute Gasteiger partial charge is 0.240 e. The molecular weight excluding hydrogens is 264 g/mol. The Balaban J connectivity index is 2.08. The number of allylic oxidation sites excluding steroid dienone is 1. The average molecular weight is 291 g/mol. The fourth-order valence-corrected chi connectivity index (χ4v) is 3.59. The van der Waals surface area contributed by atoms with Gasteiger partial charge in [-0.15, -0.1) is 6.58 Å². The zero-order valence-corrected chi connectivity index (χ0v) is 13.2. The summed E-state index contributed by atoms with van der Waals surface area (Å²) in [5.41, 5.74) is 5.39. The van der Waals surface area contributed by atoms with Crippen LogP contribution in [0.25, 0.3) is 0 Å². The standard InChI is InChI=1S/C17H27N2O2/c1-4-17(9-5-6-10-17)12(2)16(21)19(3)14(15(18)20)11-13-7-8-13/h4,7,12-14H,1,5-6,8-11H2,2-3H3,(H2,18,20)/t12-,13?,14?/m1/s1.